The number of hydrogen-bond donors (Lipinski definition) is 3. The zero-order valence-electron chi connectivity index (χ0n) is 24.4. The number of anilines is 2. The van der Waals surface area contributed by atoms with Gasteiger partial charge in [-0.15, -0.1) is 0 Å². The predicted molar refractivity (Wildman–Crippen MR) is 172 cm³/mol. The largest absolute Gasteiger partial charge is 0.396 e. The van der Waals surface area contributed by atoms with Crippen LogP contribution in [-0.2, 0) is 32.9 Å². The molecule has 2 aliphatic heterocycles. The van der Waals surface area contributed by atoms with Crippen LogP contribution in [0.1, 0.15) is 30.0 Å². The van der Waals surface area contributed by atoms with Gasteiger partial charge in [0.05, 0.1) is 24.8 Å². The number of benzene rings is 3. The summed E-state index contributed by atoms with van der Waals surface area (Å²) in [6.45, 7) is 5.32. The van der Waals surface area contributed by atoms with Gasteiger partial charge in [-0.2, -0.15) is 0 Å². The van der Waals surface area contributed by atoms with Gasteiger partial charge >= 0.3 is 0 Å². The van der Waals surface area contributed by atoms with Gasteiger partial charge in [0.2, 0.25) is 14.3 Å². The minimum atomic E-state index is -3.26. The van der Waals surface area contributed by atoms with Gasteiger partial charge in [-0.25, -0.2) is 0 Å². The molecule has 7 nitrogen and oxygen atoms in total. The van der Waals surface area contributed by atoms with E-state index < -0.39 is 31.6 Å². The number of aliphatic hydroxyl groups excluding tert-OH is 1. The third-order valence-corrected chi connectivity index (χ3v) is 11.9. The number of hydrogen-bond acceptors (Lipinski definition) is 4. The van der Waals surface area contributed by atoms with E-state index in [1.54, 1.807) is 18.0 Å². The Labute approximate surface area is 259 Å². The smallest absolute Gasteiger partial charge is 0.264 e. The van der Waals surface area contributed by atoms with Crippen LogP contribution in [0.2, 0.25) is 18.6 Å². The first kappa shape index (κ1) is 29.7. The number of carbonyl (C=O) groups is 2. The summed E-state index contributed by atoms with van der Waals surface area (Å²) in [7, 11) is -3.26. The van der Waals surface area contributed by atoms with Gasteiger partial charge in [0, 0.05) is 50.9 Å². The number of nitrogens with one attached hydrogen (secondary N) is 2. The lowest BCUT2D eigenvalue weighted by Gasteiger charge is -2.31. The first-order valence-electron chi connectivity index (χ1n) is 14.6. The molecule has 1 fully saturated rings. The van der Waals surface area contributed by atoms with Crippen LogP contribution in [0.3, 0.4) is 0 Å². The molecule has 224 valence electrons. The van der Waals surface area contributed by atoms with Crippen LogP contribution in [0.5, 0.6) is 0 Å². The molecule has 0 radical (unpaired) electrons. The molecule has 0 bridgehead atoms. The molecule has 3 N–H and O–H groups in total. The zero-order chi connectivity index (χ0) is 30.5. The van der Waals surface area contributed by atoms with E-state index in [-0.39, 0.29) is 37.8 Å². The lowest BCUT2D eigenvalue weighted by atomic mass is 9.82. The fourth-order valence-electron chi connectivity index (χ4n) is 7.16. The molecule has 6 rings (SSSR count). The topological polar surface area (TPSA) is 94.7 Å². The van der Waals surface area contributed by atoms with Gasteiger partial charge in [-0.05, 0) is 67.0 Å². The first-order valence-corrected chi connectivity index (χ1v) is 18.3. The van der Waals surface area contributed by atoms with E-state index in [2.05, 4.69) is 26.2 Å². The molecule has 3 heterocycles. The van der Waals surface area contributed by atoms with Crippen molar-refractivity contribution in [1.29, 1.82) is 0 Å². The number of carbonyl (C=O) groups excluding carboxylic acids is 2. The first-order chi connectivity index (χ1) is 20.5. The Morgan fingerprint density at radius 3 is 2.72 bits per heavy atom. The Balaban J connectivity index is 1.27. The van der Waals surface area contributed by atoms with Gasteiger partial charge in [-0.3, -0.25) is 9.59 Å². The SMILES string of the molecule is C[C@H]1[C@H]([Si](C)(C)F)[C@@H](CCO)O[C@]12C(=O)N(Cc1cccc(NC(=O)Cc3c[nH]c4ccccc34)c1)c1ccc(Br)cc12. The van der Waals surface area contributed by atoms with Crippen molar-refractivity contribution in [2.24, 2.45) is 5.92 Å². The molecule has 2 amide bonds. The van der Waals surface area contributed by atoms with Crippen LogP contribution in [-0.4, -0.2) is 43.0 Å². The van der Waals surface area contributed by atoms with Crippen LogP contribution >= 0.6 is 15.9 Å². The number of H-pyrrole nitrogens is 1. The van der Waals surface area contributed by atoms with E-state index in [4.69, 9.17) is 4.74 Å². The van der Waals surface area contributed by atoms with Crippen LogP contribution in [0.4, 0.5) is 15.5 Å². The molecule has 0 saturated carbocycles. The van der Waals surface area contributed by atoms with E-state index in [9.17, 15) is 14.7 Å². The highest BCUT2D eigenvalue weighted by molar-refractivity contribution is 9.10. The second-order valence-corrected chi connectivity index (χ2v) is 16.8. The van der Waals surface area contributed by atoms with Gasteiger partial charge in [0.15, 0.2) is 5.60 Å². The third kappa shape index (κ3) is 5.24. The number of halogens is 2. The molecule has 4 aromatic rings. The Morgan fingerprint density at radius 2 is 1.95 bits per heavy atom. The van der Waals surface area contributed by atoms with Crippen LogP contribution in [0.25, 0.3) is 10.9 Å². The number of aromatic nitrogens is 1. The standard InChI is InChI=1S/C33H35BrFN3O4Si/c1-20-31(43(2,3)35)29(13-14-39)42-33(20)26-17-23(34)11-12-28(26)38(32(33)41)19-21-7-6-8-24(15-21)37-30(40)16-22-18-36-27-10-5-4-9-25(22)27/h4-12,15,17-18,20,29,31,36,39H,13-14,16,19H2,1-3H3,(H,37,40)/t20-,29+,31-,33+/m0/s1. The quantitative estimate of drug-likeness (QED) is 0.143. The molecular weight excluding hydrogens is 629 g/mol. The fourth-order valence-corrected chi connectivity index (χ4v) is 10.1. The summed E-state index contributed by atoms with van der Waals surface area (Å²) in [5.74, 6) is -0.789. The number of amides is 2. The molecule has 1 aromatic heterocycles. The second-order valence-electron chi connectivity index (χ2n) is 12.1. The van der Waals surface area contributed by atoms with Crippen molar-refractivity contribution < 1.29 is 23.5 Å². The summed E-state index contributed by atoms with van der Waals surface area (Å²) in [6, 6.07) is 21.0. The maximum atomic E-state index is 15.7. The van der Waals surface area contributed by atoms with Crippen LogP contribution in [0, 0.1) is 5.92 Å². The molecule has 10 heteroatoms. The third-order valence-electron chi connectivity index (χ3n) is 8.91. The highest BCUT2D eigenvalue weighted by atomic mass is 79.9. The molecule has 43 heavy (non-hydrogen) atoms. The highest BCUT2D eigenvalue weighted by Gasteiger charge is 2.66. The maximum Gasteiger partial charge on any atom is 0.264 e. The monoisotopic (exact) mass is 663 g/mol. The summed E-state index contributed by atoms with van der Waals surface area (Å²) >= 11 is 3.56. The van der Waals surface area contributed by atoms with Crippen LogP contribution < -0.4 is 10.2 Å². The minimum Gasteiger partial charge on any atom is -0.396 e. The number of aliphatic hydroxyl groups is 1. The van der Waals surface area contributed by atoms with E-state index >= 15 is 4.11 Å². The summed E-state index contributed by atoms with van der Waals surface area (Å²) in [4.78, 5) is 32.3. The molecule has 0 unspecified atom stereocenters. The number of rotatable bonds is 8. The van der Waals surface area contributed by atoms with Gasteiger partial charge in [-0.1, -0.05) is 53.2 Å². The molecule has 2 aliphatic rings. The summed E-state index contributed by atoms with van der Waals surface area (Å²) in [5, 5.41) is 13.8. The molecule has 0 aliphatic carbocycles. The average Bonchev–Trinajstić information content (AvgIpc) is 3.56. The Hall–Kier alpha value is -3.31. The fraction of sp³-hybridized carbons (Fsp3) is 0.333. The average molecular weight is 665 g/mol. The second kappa shape index (κ2) is 11.3. The highest BCUT2D eigenvalue weighted by Crippen LogP contribution is 2.60. The number of ether oxygens (including phenoxy) is 1. The lowest BCUT2D eigenvalue weighted by Crippen LogP contribution is -2.45. The normalized spacial score (nSPS) is 23.3. The number of fused-ring (bicyclic) bond motifs is 3. The minimum absolute atomic E-state index is 0.138. The Bertz CT molecular complexity index is 1700. The van der Waals surface area contributed by atoms with Crippen LogP contribution in [0.15, 0.2) is 77.4 Å². The van der Waals surface area contributed by atoms with Crippen molar-refractivity contribution in [3.05, 3.63) is 94.1 Å². The van der Waals surface area contributed by atoms with E-state index in [1.807, 2.05) is 79.9 Å². The molecular formula is C33H35BrFN3O4Si. The molecule has 3 aromatic carbocycles. The van der Waals surface area contributed by atoms with E-state index in [1.165, 1.54) is 0 Å². The maximum absolute atomic E-state index is 15.7. The van der Waals surface area contributed by atoms with Crippen molar-refractivity contribution in [2.75, 3.05) is 16.8 Å². The lowest BCUT2D eigenvalue weighted by molar-refractivity contribution is -0.146. The van der Waals surface area contributed by atoms with Crippen molar-refractivity contribution in [2.45, 2.75) is 56.7 Å². The molecule has 1 spiro atoms. The van der Waals surface area contributed by atoms with Crippen molar-refractivity contribution in [3.63, 3.8) is 0 Å². The summed E-state index contributed by atoms with van der Waals surface area (Å²) in [5.41, 5.74) is 3.01. The molecule has 1 saturated heterocycles. The van der Waals surface area contributed by atoms with Gasteiger partial charge < -0.3 is 29.2 Å². The predicted octanol–water partition coefficient (Wildman–Crippen LogP) is 6.82. The zero-order valence-corrected chi connectivity index (χ0v) is 26.9. The number of nitrogens with zero attached hydrogens (tertiary/aromatic N) is 1. The Kier molecular flexibility index (Phi) is 7.83. The summed E-state index contributed by atoms with van der Waals surface area (Å²) < 4.78 is 23.1. The molecule has 4 atom stereocenters. The van der Waals surface area contributed by atoms with Gasteiger partial charge in [0.25, 0.3) is 5.91 Å². The van der Waals surface area contributed by atoms with Crippen molar-refractivity contribution >= 4 is 58.4 Å². The Morgan fingerprint density at radius 1 is 1.16 bits per heavy atom. The van der Waals surface area contributed by atoms with Crippen molar-refractivity contribution in [3.8, 4) is 0 Å². The number of para-hydroxylation sites is 1. The number of aromatic amines is 1. The van der Waals surface area contributed by atoms with Crippen molar-refractivity contribution in [1.82, 2.24) is 4.98 Å². The van der Waals surface area contributed by atoms with Gasteiger partial charge in [0.1, 0.15) is 0 Å². The van der Waals surface area contributed by atoms with E-state index in [0.717, 1.165) is 32.2 Å². The summed E-state index contributed by atoms with van der Waals surface area (Å²) in [6.07, 6.45) is 1.80. The van der Waals surface area contributed by atoms with E-state index in [0.29, 0.717) is 11.3 Å².